The molecule has 1 amide bonds. The van der Waals surface area contributed by atoms with Gasteiger partial charge in [0.05, 0.1) is 17.7 Å². The number of carbonyl (C=O) groups is 1. The van der Waals surface area contributed by atoms with Gasteiger partial charge in [-0.1, -0.05) is 18.2 Å². The molecule has 0 unspecified atom stereocenters. The Kier molecular flexibility index (Phi) is 5.35. The first kappa shape index (κ1) is 17.4. The maximum absolute atomic E-state index is 12.4. The van der Waals surface area contributed by atoms with Gasteiger partial charge in [-0.05, 0) is 49.6 Å². The maximum atomic E-state index is 12.4. The van der Waals surface area contributed by atoms with Crippen LogP contribution in [0.15, 0.2) is 64.1 Å². The summed E-state index contributed by atoms with van der Waals surface area (Å²) in [4.78, 5) is 12.4. The van der Waals surface area contributed by atoms with E-state index in [1.165, 1.54) is 18.4 Å². The van der Waals surface area contributed by atoms with E-state index in [1.54, 1.807) is 24.3 Å². The van der Waals surface area contributed by atoms with Crippen molar-refractivity contribution in [1.29, 1.82) is 0 Å². The molecule has 2 aromatic rings. The van der Waals surface area contributed by atoms with Crippen LogP contribution in [0.4, 0.5) is 5.69 Å². The monoisotopic (exact) mass is 360 g/mol. The summed E-state index contributed by atoms with van der Waals surface area (Å²) >= 11 is 0. The van der Waals surface area contributed by atoms with Crippen LogP contribution >= 0.6 is 0 Å². The molecule has 3 rings (SSSR count). The Morgan fingerprint density at radius 2 is 2.08 bits per heavy atom. The van der Waals surface area contributed by atoms with Crippen molar-refractivity contribution in [2.75, 3.05) is 5.32 Å². The molecule has 1 aliphatic rings. The van der Waals surface area contributed by atoms with Gasteiger partial charge in [0.25, 0.3) is 0 Å². The summed E-state index contributed by atoms with van der Waals surface area (Å²) in [5, 5.41) is 2.81. The zero-order valence-corrected chi connectivity index (χ0v) is 14.5. The fraction of sp³-hybridized carbons (Fsp3) is 0.278. The van der Waals surface area contributed by atoms with Crippen molar-refractivity contribution in [1.82, 2.24) is 4.72 Å². The summed E-state index contributed by atoms with van der Waals surface area (Å²) < 4.78 is 32.4. The van der Waals surface area contributed by atoms with Crippen molar-refractivity contribution in [2.45, 2.75) is 30.7 Å². The first-order valence-corrected chi connectivity index (χ1v) is 9.61. The smallest absolute Gasteiger partial charge is 0.241 e. The molecular formula is C18H20N2O4S. The predicted octanol–water partition coefficient (Wildman–Crippen LogP) is 3.05. The molecule has 1 aliphatic carbocycles. The lowest BCUT2D eigenvalue weighted by Crippen LogP contribution is -2.25. The van der Waals surface area contributed by atoms with Crippen molar-refractivity contribution in [3.8, 4) is 0 Å². The number of rotatable bonds is 6. The van der Waals surface area contributed by atoms with Crippen molar-refractivity contribution in [3.05, 3.63) is 60.6 Å². The Bertz CT molecular complexity index is 857. The summed E-state index contributed by atoms with van der Waals surface area (Å²) in [6.07, 6.45) is 7.98. The van der Waals surface area contributed by atoms with Crippen LogP contribution in [0, 0.1) is 5.92 Å². The van der Waals surface area contributed by atoms with Gasteiger partial charge in [0.15, 0.2) is 0 Å². The summed E-state index contributed by atoms with van der Waals surface area (Å²) in [6.45, 7) is 0.0698. The molecule has 1 aromatic heterocycles. The van der Waals surface area contributed by atoms with E-state index >= 15 is 0 Å². The van der Waals surface area contributed by atoms with Crippen LogP contribution in [0.25, 0.3) is 0 Å². The van der Waals surface area contributed by atoms with Crippen LogP contribution in [0.2, 0.25) is 0 Å². The molecule has 1 aromatic carbocycles. The second kappa shape index (κ2) is 7.67. The van der Waals surface area contributed by atoms with Crippen molar-refractivity contribution in [3.63, 3.8) is 0 Å². The first-order valence-electron chi connectivity index (χ1n) is 8.12. The normalized spacial score (nSPS) is 17.4. The molecule has 1 atom stereocenters. The van der Waals surface area contributed by atoms with E-state index in [0.29, 0.717) is 17.9 Å². The maximum Gasteiger partial charge on any atom is 0.241 e. The fourth-order valence-electron chi connectivity index (χ4n) is 2.68. The van der Waals surface area contributed by atoms with Crippen molar-refractivity contribution >= 4 is 21.6 Å². The van der Waals surface area contributed by atoms with Gasteiger partial charge in [-0.3, -0.25) is 4.79 Å². The van der Waals surface area contributed by atoms with Gasteiger partial charge in [-0.15, -0.1) is 0 Å². The molecule has 0 aliphatic heterocycles. The zero-order valence-electron chi connectivity index (χ0n) is 13.6. The molecule has 0 saturated carbocycles. The Labute approximate surface area is 147 Å². The molecule has 7 heteroatoms. The molecule has 132 valence electrons. The molecule has 2 N–H and O–H groups in total. The van der Waals surface area contributed by atoms with Crippen LogP contribution in [0.3, 0.4) is 0 Å². The lowest BCUT2D eigenvalue weighted by atomic mass is 9.93. The second-order valence-corrected chi connectivity index (χ2v) is 7.67. The number of amides is 1. The quantitative estimate of drug-likeness (QED) is 0.775. The highest BCUT2D eigenvalue weighted by Crippen LogP contribution is 2.21. The standard InChI is InChI=1S/C18H20N2O4S/c21-18(14-6-2-1-3-7-14)20-15-8-4-10-17(12-15)25(22,23)19-13-16-9-5-11-24-16/h1-2,4-5,8-12,14,19H,3,6-7,13H2,(H,20,21)/t14-/m0/s1. The molecule has 6 nitrogen and oxygen atoms in total. The largest absolute Gasteiger partial charge is 0.468 e. The molecule has 0 fully saturated rings. The average Bonchev–Trinajstić information content (AvgIpc) is 3.15. The molecule has 0 bridgehead atoms. The molecule has 0 radical (unpaired) electrons. The minimum absolute atomic E-state index is 0.0673. The molecule has 25 heavy (non-hydrogen) atoms. The minimum atomic E-state index is -3.69. The SMILES string of the molecule is O=C(Nc1cccc(S(=O)(=O)NCc2ccco2)c1)[C@H]1CC=CCC1. The van der Waals surface area contributed by atoms with Crippen LogP contribution in [-0.4, -0.2) is 14.3 Å². The average molecular weight is 360 g/mol. The third kappa shape index (κ3) is 4.58. The Hall–Kier alpha value is -2.38. The molecular weight excluding hydrogens is 340 g/mol. The van der Waals surface area contributed by atoms with Crippen LogP contribution < -0.4 is 10.0 Å². The number of nitrogens with one attached hydrogen (secondary N) is 2. The molecule has 0 saturated heterocycles. The third-order valence-electron chi connectivity index (χ3n) is 4.07. The van der Waals surface area contributed by atoms with E-state index in [0.717, 1.165) is 12.8 Å². The number of benzene rings is 1. The fourth-order valence-corrected chi connectivity index (χ4v) is 3.72. The van der Waals surface area contributed by atoms with Crippen LogP contribution in [0.5, 0.6) is 0 Å². The minimum Gasteiger partial charge on any atom is -0.468 e. The Balaban J connectivity index is 1.67. The van der Waals surface area contributed by atoms with Gasteiger partial charge >= 0.3 is 0 Å². The number of furan rings is 1. The summed E-state index contributed by atoms with van der Waals surface area (Å²) in [5.74, 6) is 0.378. The van der Waals surface area contributed by atoms with Crippen LogP contribution in [-0.2, 0) is 21.4 Å². The van der Waals surface area contributed by atoms with Gasteiger partial charge in [-0.2, -0.15) is 0 Å². The summed E-state index contributed by atoms with van der Waals surface area (Å²) in [7, 11) is -3.69. The van der Waals surface area contributed by atoms with E-state index in [9.17, 15) is 13.2 Å². The van der Waals surface area contributed by atoms with E-state index in [-0.39, 0.29) is 23.3 Å². The first-order chi connectivity index (χ1) is 12.0. The van der Waals surface area contributed by atoms with Crippen molar-refractivity contribution in [2.24, 2.45) is 5.92 Å². The number of sulfonamides is 1. The number of carbonyl (C=O) groups excluding carboxylic acids is 1. The lowest BCUT2D eigenvalue weighted by molar-refractivity contribution is -0.120. The van der Waals surface area contributed by atoms with E-state index in [1.807, 2.05) is 6.08 Å². The number of hydrogen-bond acceptors (Lipinski definition) is 4. The summed E-state index contributed by atoms with van der Waals surface area (Å²) in [6, 6.07) is 9.63. The Morgan fingerprint density at radius 3 is 2.80 bits per heavy atom. The number of hydrogen-bond donors (Lipinski definition) is 2. The number of allylic oxidation sites excluding steroid dienone is 2. The highest BCUT2D eigenvalue weighted by Gasteiger charge is 2.20. The lowest BCUT2D eigenvalue weighted by Gasteiger charge is -2.17. The van der Waals surface area contributed by atoms with Gasteiger partial charge in [-0.25, -0.2) is 13.1 Å². The van der Waals surface area contributed by atoms with E-state index < -0.39 is 10.0 Å². The third-order valence-corrected chi connectivity index (χ3v) is 5.47. The van der Waals surface area contributed by atoms with Gasteiger partial charge in [0.2, 0.25) is 15.9 Å². The zero-order chi connectivity index (χ0) is 17.7. The summed E-state index contributed by atoms with van der Waals surface area (Å²) in [5.41, 5.74) is 0.473. The predicted molar refractivity (Wildman–Crippen MR) is 94.3 cm³/mol. The highest BCUT2D eigenvalue weighted by atomic mass is 32.2. The van der Waals surface area contributed by atoms with Gasteiger partial charge in [0.1, 0.15) is 5.76 Å². The Morgan fingerprint density at radius 1 is 1.20 bits per heavy atom. The molecule has 1 heterocycles. The van der Waals surface area contributed by atoms with Crippen molar-refractivity contribution < 1.29 is 17.6 Å². The van der Waals surface area contributed by atoms with E-state index in [2.05, 4.69) is 16.1 Å². The number of anilines is 1. The molecule has 0 spiro atoms. The second-order valence-electron chi connectivity index (χ2n) is 5.90. The van der Waals surface area contributed by atoms with E-state index in [4.69, 9.17) is 4.42 Å². The van der Waals surface area contributed by atoms with Gasteiger partial charge < -0.3 is 9.73 Å². The highest BCUT2D eigenvalue weighted by molar-refractivity contribution is 7.89. The van der Waals surface area contributed by atoms with Crippen LogP contribution in [0.1, 0.15) is 25.0 Å². The van der Waals surface area contributed by atoms with Gasteiger partial charge in [0, 0.05) is 11.6 Å². The topological polar surface area (TPSA) is 88.4 Å².